The van der Waals surface area contributed by atoms with Crippen LogP contribution in [0.25, 0.3) is 21.7 Å². The van der Waals surface area contributed by atoms with E-state index in [-0.39, 0.29) is 57.2 Å². The molecule has 22 heteroatoms. The first-order chi connectivity index (χ1) is 45.6. The molecule has 0 saturated heterocycles. The number of para-hydroxylation sites is 1. The second-order valence-corrected chi connectivity index (χ2v) is 23.8. The SMILES string of the molecule is CC(=O)O.CC(C)C(NC(=O)C(CCCCN)NC(=O)C(Cc1c[nH]c2ccccc12)NC(=O)C(Cc1ccc(O)cc1)NC(=O)C(Cc1ccccc1)NC(=O)C(N)Cc1ccccc1)C(=O)NC(Cc1ccccc1)C(=O)NC(Cc1ccc2ccccc2c1)C(N)=O. The van der Waals surface area contributed by atoms with Crippen LogP contribution >= 0.6 is 0 Å². The van der Waals surface area contributed by atoms with Crippen molar-refractivity contribution in [1.29, 1.82) is 0 Å². The molecule has 7 aromatic carbocycles. The second kappa shape index (κ2) is 35.9. The molecular weight excluding hydrogens is 1210 g/mol. The number of H-pyrrole nitrogens is 1. The molecule has 0 aliphatic rings. The Morgan fingerprint density at radius 1 is 0.442 bits per heavy atom. The number of carbonyl (C=O) groups is 9. The summed E-state index contributed by atoms with van der Waals surface area (Å²) in [5, 5.41) is 40.2. The van der Waals surface area contributed by atoms with Gasteiger partial charge in [-0.25, -0.2) is 0 Å². The maximum Gasteiger partial charge on any atom is 0.300 e. The molecule has 8 amide bonds. The molecule has 0 radical (unpaired) electrons. The number of phenolic OH excluding ortho intramolecular Hbond substituents is 1. The maximum absolute atomic E-state index is 15.1. The zero-order valence-electron chi connectivity index (χ0n) is 53.5. The van der Waals surface area contributed by atoms with Crippen molar-refractivity contribution in [3.05, 3.63) is 222 Å². The quantitative estimate of drug-likeness (QED) is 0.0251. The molecule has 0 aliphatic heterocycles. The molecule has 0 bridgehead atoms. The molecule has 1 aromatic heterocycles. The maximum atomic E-state index is 15.1. The van der Waals surface area contributed by atoms with Gasteiger partial charge in [0.1, 0.15) is 48.0 Å². The van der Waals surface area contributed by atoms with Gasteiger partial charge in [0.25, 0.3) is 5.97 Å². The largest absolute Gasteiger partial charge is 0.508 e. The van der Waals surface area contributed by atoms with Crippen molar-refractivity contribution in [3.63, 3.8) is 0 Å². The molecule has 498 valence electrons. The average molecular weight is 1290 g/mol. The Morgan fingerprint density at radius 2 is 0.853 bits per heavy atom. The molecule has 1 heterocycles. The summed E-state index contributed by atoms with van der Waals surface area (Å²) in [6.45, 7) is 4.78. The van der Waals surface area contributed by atoms with E-state index in [2.05, 4.69) is 42.2 Å². The molecule has 0 aliphatic carbocycles. The highest BCUT2D eigenvalue weighted by molar-refractivity contribution is 5.99. The lowest BCUT2D eigenvalue weighted by molar-refractivity contribution is -0.136. The van der Waals surface area contributed by atoms with Crippen LogP contribution in [0.1, 0.15) is 73.4 Å². The number of hydrogen-bond acceptors (Lipinski definition) is 12. The summed E-state index contributed by atoms with van der Waals surface area (Å²) < 4.78 is 0. The summed E-state index contributed by atoms with van der Waals surface area (Å²) in [6, 6.07) is 44.0. The third kappa shape index (κ3) is 22.5. The van der Waals surface area contributed by atoms with E-state index in [1.165, 1.54) is 12.1 Å². The molecule has 16 N–H and O–H groups in total. The molecule has 0 fully saturated rings. The first-order valence-corrected chi connectivity index (χ1v) is 31.6. The Bertz CT molecular complexity index is 3870. The highest BCUT2D eigenvalue weighted by Gasteiger charge is 2.36. The monoisotopic (exact) mass is 1290 g/mol. The number of amides is 8. The van der Waals surface area contributed by atoms with E-state index in [9.17, 15) is 33.9 Å². The fourth-order valence-corrected chi connectivity index (χ4v) is 10.9. The molecule has 8 rings (SSSR count). The van der Waals surface area contributed by atoms with Gasteiger partial charge in [0.2, 0.25) is 47.3 Å². The first kappa shape index (κ1) is 71.7. The Labute approximate surface area is 552 Å². The number of rotatable bonds is 32. The Hall–Kier alpha value is -10.7. The fraction of sp³-hybridized carbons (Fsp3) is 0.301. The summed E-state index contributed by atoms with van der Waals surface area (Å²) >= 11 is 0. The Morgan fingerprint density at radius 3 is 1.38 bits per heavy atom. The van der Waals surface area contributed by atoms with E-state index in [4.69, 9.17) is 27.1 Å². The van der Waals surface area contributed by atoms with Gasteiger partial charge in [0, 0.05) is 56.1 Å². The fourth-order valence-electron chi connectivity index (χ4n) is 10.9. The van der Waals surface area contributed by atoms with Gasteiger partial charge in [-0.15, -0.1) is 0 Å². The van der Waals surface area contributed by atoms with Gasteiger partial charge in [0.15, 0.2) is 0 Å². The van der Waals surface area contributed by atoms with Crippen LogP contribution < -0.4 is 54.4 Å². The lowest BCUT2D eigenvalue weighted by atomic mass is 9.98. The van der Waals surface area contributed by atoms with Crippen molar-refractivity contribution >= 4 is 74.9 Å². The topological polar surface area (TPSA) is 372 Å². The van der Waals surface area contributed by atoms with Crippen LogP contribution in [0.3, 0.4) is 0 Å². The van der Waals surface area contributed by atoms with Crippen LogP contribution in [-0.2, 0) is 81.7 Å². The molecule has 8 aromatic rings. The van der Waals surface area contributed by atoms with Crippen molar-refractivity contribution in [2.24, 2.45) is 23.1 Å². The van der Waals surface area contributed by atoms with Crippen molar-refractivity contribution in [2.45, 2.75) is 127 Å². The van der Waals surface area contributed by atoms with Gasteiger partial charge in [-0.1, -0.05) is 178 Å². The molecule has 0 spiro atoms. The number of aromatic hydroxyl groups is 1. The van der Waals surface area contributed by atoms with Gasteiger partial charge < -0.3 is 69.6 Å². The van der Waals surface area contributed by atoms with Crippen LogP contribution in [0.2, 0.25) is 0 Å². The summed E-state index contributed by atoms with van der Waals surface area (Å²) in [5.74, 6) is -7.26. The number of nitrogens with one attached hydrogen (secondary N) is 8. The van der Waals surface area contributed by atoms with E-state index in [1.54, 1.807) is 80.7 Å². The number of carboxylic acid groups (broad SMARTS) is 1. The predicted molar refractivity (Wildman–Crippen MR) is 364 cm³/mol. The van der Waals surface area contributed by atoms with Crippen molar-refractivity contribution in [3.8, 4) is 5.75 Å². The third-order valence-electron chi connectivity index (χ3n) is 15.9. The molecule has 0 saturated carbocycles. The molecule has 8 atom stereocenters. The summed E-state index contributed by atoms with van der Waals surface area (Å²) in [7, 11) is 0. The molecule has 8 unspecified atom stereocenters. The highest BCUT2D eigenvalue weighted by Crippen LogP contribution is 2.22. The number of nitrogens with two attached hydrogens (primary N) is 3. The van der Waals surface area contributed by atoms with Crippen LogP contribution in [0, 0.1) is 5.92 Å². The van der Waals surface area contributed by atoms with E-state index < -0.39 is 107 Å². The van der Waals surface area contributed by atoms with Crippen LogP contribution in [-0.4, -0.2) is 123 Å². The minimum absolute atomic E-state index is 0.00808. The third-order valence-corrected chi connectivity index (χ3v) is 15.9. The van der Waals surface area contributed by atoms with E-state index in [1.807, 2.05) is 109 Å². The van der Waals surface area contributed by atoms with Gasteiger partial charge in [-0.2, -0.15) is 0 Å². The number of benzene rings is 7. The van der Waals surface area contributed by atoms with Crippen LogP contribution in [0.4, 0.5) is 0 Å². The lowest BCUT2D eigenvalue weighted by Gasteiger charge is -2.29. The first-order valence-electron chi connectivity index (χ1n) is 31.6. The van der Waals surface area contributed by atoms with Gasteiger partial charge in [0.05, 0.1) is 6.04 Å². The van der Waals surface area contributed by atoms with Crippen molar-refractivity contribution in [1.82, 2.24) is 42.2 Å². The van der Waals surface area contributed by atoms with Crippen molar-refractivity contribution in [2.75, 3.05) is 6.54 Å². The van der Waals surface area contributed by atoms with E-state index in [0.717, 1.165) is 39.7 Å². The number of unbranched alkanes of at least 4 members (excludes halogenated alkanes) is 1. The molecule has 22 nitrogen and oxygen atoms in total. The van der Waals surface area contributed by atoms with E-state index >= 15 is 9.59 Å². The standard InChI is InChI=1S/C71H81N11O9.C2H4O2/c1-44(2)63(71(91)81-61(39-47-22-10-5-11-23-47)67(87)77-58(64(74)84)41-49-29-32-50-24-12-13-25-51(50)36-49)82-66(86)57(28-16-17-35-72)76-70(90)62(42-52-43-75-56-27-15-14-26-54(52)56)80-69(89)60(40-48-30-33-53(83)34-31-48)79-68(88)59(38-46-20-8-4-9-21-46)78-65(85)55(73)37-45-18-6-3-7-19-45;1-2(3)4/h3-15,18-27,29-34,36,43-44,55,57-63,75,83H,16-17,28,35,37-42,72-73H2,1-2H3,(H2,74,84)(H,76,90)(H,77,87)(H,78,85)(H,79,88)(H,80,89)(H,81,91)(H,82,86);1H3,(H,3,4). The van der Waals surface area contributed by atoms with Gasteiger partial charge >= 0.3 is 0 Å². The highest BCUT2D eigenvalue weighted by atomic mass is 16.4. The number of primary amides is 1. The zero-order chi connectivity index (χ0) is 68.4. The smallest absolute Gasteiger partial charge is 0.300 e. The Kier molecular flexibility index (Phi) is 27.1. The predicted octanol–water partition coefficient (Wildman–Crippen LogP) is 4.86. The minimum atomic E-state index is -1.40. The lowest BCUT2D eigenvalue weighted by Crippen LogP contribution is -2.61. The number of aromatic amines is 1. The van der Waals surface area contributed by atoms with Crippen LogP contribution in [0.5, 0.6) is 5.75 Å². The second-order valence-electron chi connectivity index (χ2n) is 23.8. The zero-order valence-corrected chi connectivity index (χ0v) is 53.5. The minimum Gasteiger partial charge on any atom is -0.508 e. The number of aliphatic carboxylic acids is 1. The van der Waals surface area contributed by atoms with Crippen LogP contribution in [0.15, 0.2) is 188 Å². The Balaban J connectivity index is 0.00000310. The number of carbonyl (C=O) groups excluding carboxylic acids is 8. The summed E-state index contributed by atoms with van der Waals surface area (Å²) in [4.78, 5) is 128. The van der Waals surface area contributed by atoms with Gasteiger partial charge in [-0.05, 0) is 100 Å². The number of fused-ring (bicyclic) bond motifs is 2. The molecule has 95 heavy (non-hydrogen) atoms. The number of aromatic nitrogens is 1. The number of phenols is 1. The van der Waals surface area contributed by atoms with Crippen molar-refractivity contribution < 1.29 is 53.4 Å². The summed E-state index contributed by atoms with van der Waals surface area (Å²) in [6.07, 6.45) is 2.67. The van der Waals surface area contributed by atoms with Gasteiger partial charge in [-0.3, -0.25) is 43.2 Å². The summed E-state index contributed by atoms with van der Waals surface area (Å²) in [5.41, 5.74) is 23.1. The average Bonchev–Trinajstić information content (AvgIpc) is 1.81. The number of carboxylic acids is 1. The normalized spacial score (nSPS) is 13.6. The van der Waals surface area contributed by atoms with E-state index in [0.29, 0.717) is 35.1 Å². The molecular formula is C73H85N11O11. The number of hydrogen-bond donors (Lipinski definition) is 13.